The van der Waals surface area contributed by atoms with Gasteiger partial charge in [-0.3, -0.25) is 4.79 Å². The third kappa shape index (κ3) is 2.90. The number of amides is 3. The van der Waals surface area contributed by atoms with Crippen LogP contribution in [0.3, 0.4) is 0 Å². The molecule has 1 aliphatic heterocycles. The Kier molecular flexibility index (Phi) is 3.89. The Balaban J connectivity index is 1.86. The van der Waals surface area contributed by atoms with Gasteiger partial charge in [0.15, 0.2) is 0 Å². The SMILES string of the molecule is O=C1NC(Cc2ccsc2)C(=O)N1c1cc(Cl)cc(Cl)c1. The highest BCUT2D eigenvalue weighted by molar-refractivity contribution is 7.07. The van der Waals surface area contributed by atoms with E-state index in [0.29, 0.717) is 22.2 Å². The first-order valence-corrected chi connectivity index (χ1v) is 7.86. The van der Waals surface area contributed by atoms with Crippen molar-refractivity contribution in [1.29, 1.82) is 0 Å². The molecular weight excluding hydrogens is 331 g/mol. The smallest absolute Gasteiger partial charge is 0.325 e. The van der Waals surface area contributed by atoms with Crippen LogP contribution < -0.4 is 10.2 Å². The minimum Gasteiger partial charge on any atom is -0.325 e. The molecular formula is C14H10Cl2N2O2S. The zero-order valence-electron chi connectivity index (χ0n) is 10.7. The molecule has 1 aromatic heterocycles. The standard InChI is InChI=1S/C14H10Cl2N2O2S/c15-9-4-10(16)6-11(5-9)18-13(19)12(17-14(18)20)3-8-1-2-21-7-8/h1-2,4-7,12H,3H2,(H,17,20). The minimum absolute atomic E-state index is 0.301. The molecule has 4 nitrogen and oxygen atoms in total. The van der Waals surface area contributed by atoms with E-state index in [1.165, 1.54) is 12.1 Å². The Morgan fingerprint density at radius 1 is 1.19 bits per heavy atom. The van der Waals surface area contributed by atoms with Crippen LogP contribution in [0.4, 0.5) is 10.5 Å². The molecule has 21 heavy (non-hydrogen) atoms. The van der Waals surface area contributed by atoms with E-state index in [1.54, 1.807) is 17.4 Å². The molecule has 1 unspecified atom stereocenters. The lowest BCUT2D eigenvalue weighted by Gasteiger charge is -2.13. The van der Waals surface area contributed by atoms with Gasteiger partial charge in [-0.15, -0.1) is 0 Å². The fraction of sp³-hybridized carbons (Fsp3) is 0.143. The number of benzene rings is 1. The van der Waals surface area contributed by atoms with Gasteiger partial charge in [-0.2, -0.15) is 11.3 Å². The van der Waals surface area contributed by atoms with Crippen LogP contribution in [0, 0.1) is 0 Å². The molecule has 0 bridgehead atoms. The highest BCUT2D eigenvalue weighted by Gasteiger charge is 2.39. The maximum absolute atomic E-state index is 12.4. The molecule has 0 spiro atoms. The summed E-state index contributed by atoms with van der Waals surface area (Å²) in [6, 6.07) is 5.54. The van der Waals surface area contributed by atoms with E-state index in [4.69, 9.17) is 23.2 Å². The van der Waals surface area contributed by atoms with Gasteiger partial charge in [-0.25, -0.2) is 9.69 Å². The third-order valence-electron chi connectivity index (χ3n) is 3.14. The molecule has 1 atom stereocenters. The Hall–Kier alpha value is -1.56. The van der Waals surface area contributed by atoms with E-state index < -0.39 is 12.1 Å². The number of carbonyl (C=O) groups is 2. The maximum Gasteiger partial charge on any atom is 0.329 e. The summed E-state index contributed by atoms with van der Waals surface area (Å²) in [6.07, 6.45) is 0.471. The van der Waals surface area contributed by atoms with Gasteiger partial charge in [0, 0.05) is 16.5 Å². The van der Waals surface area contributed by atoms with Crippen LogP contribution in [-0.4, -0.2) is 18.0 Å². The van der Waals surface area contributed by atoms with Crippen molar-refractivity contribution < 1.29 is 9.59 Å². The summed E-state index contributed by atoms with van der Waals surface area (Å²) in [4.78, 5) is 25.6. The molecule has 1 N–H and O–H groups in total. The minimum atomic E-state index is -0.565. The number of rotatable bonds is 3. The molecule has 0 saturated carbocycles. The predicted octanol–water partition coefficient (Wildman–Crippen LogP) is 3.72. The number of carbonyl (C=O) groups excluding carboxylic acids is 2. The number of thiophene rings is 1. The first kappa shape index (κ1) is 14.4. The topological polar surface area (TPSA) is 49.4 Å². The van der Waals surface area contributed by atoms with Crippen molar-refractivity contribution in [3.05, 3.63) is 50.6 Å². The molecule has 7 heteroatoms. The van der Waals surface area contributed by atoms with Crippen LogP contribution >= 0.6 is 34.5 Å². The molecule has 3 rings (SSSR count). The third-order valence-corrected chi connectivity index (χ3v) is 4.31. The number of halogens is 2. The van der Waals surface area contributed by atoms with Gasteiger partial charge in [0.1, 0.15) is 6.04 Å². The van der Waals surface area contributed by atoms with Gasteiger partial charge in [0.05, 0.1) is 5.69 Å². The Bertz CT molecular complexity index is 683. The second-order valence-corrected chi connectivity index (χ2v) is 6.29. The second-order valence-electron chi connectivity index (χ2n) is 4.64. The Morgan fingerprint density at radius 3 is 2.52 bits per heavy atom. The Morgan fingerprint density at radius 2 is 1.90 bits per heavy atom. The van der Waals surface area contributed by atoms with Gasteiger partial charge < -0.3 is 5.32 Å². The van der Waals surface area contributed by atoms with Gasteiger partial charge >= 0.3 is 6.03 Å². The summed E-state index contributed by atoms with van der Waals surface area (Å²) in [7, 11) is 0. The number of urea groups is 1. The van der Waals surface area contributed by atoms with Crippen molar-refractivity contribution >= 4 is 52.2 Å². The molecule has 1 fully saturated rings. The lowest BCUT2D eigenvalue weighted by Crippen LogP contribution is -2.32. The molecule has 2 aromatic rings. The van der Waals surface area contributed by atoms with Gasteiger partial charge in [0.25, 0.3) is 5.91 Å². The zero-order chi connectivity index (χ0) is 15.0. The molecule has 2 heterocycles. The van der Waals surface area contributed by atoms with Crippen LogP contribution in [-0.2, 0) is 11.2 Å². The van der Waals surface area contributed by atoms with Crippen LogP contribution in [0.1, 0.15) is 5.56 Å². The number of imide groups is 1. The number of nitrogens with one attached hydrogen (secondary N) is 1. The van der Waals surface area contributed by atoms with Crippen molar-refractivity contribution in [2.24, 2.45) is 0 Å². The average Bonchev–Trinajstić information content (AvgIpc) is 2.98. The van der Waals surface area contributed by atoms with Crippen molar-refractivity contribution in [2.75, 3.05) is 4.90 Å². The van der Waals surface area contributed by atoms with E-state index >= 15 is 0 Å². The maximum atomic E-state index is 12.4. The molecule has 108 valence electrons. The van der Waals surface area contributed by atoms with E-state index in [9.17, 15) is 9.59 Å². The summed E-state index contributed by atoms with van der Waals surface area (Å²) in [5.41, 5.74) is 1.40. The van der Waals surface area contributed by atoms with Crippen LogP contribution in [0.25, 0.3) is 0 Å². The number of anilines is 1. The normalized spacial score (nSPS) is 18.2. The first-order valence-electron chi connectivity index (χ1n) is 6.16. The lowest BCUT2D eigenvalue weighted by molar-refractivity contribution is -0.118. The fourth-order valence-electron chi connectivity index (χ4n) is 2.23. The quantitative estimate of drug-likeness (QED) is 0.865. The molecule has 1 aliphatic rings. The van der Waals surface area contributed by atoms with E-state index in [-0.39, 0.29) is 5.91 Å². The van der Waals surface area contributed by atoms with E-state index in [0.717, 1.165) is 10.5 Å². The van der Waals surface area contributed by atoms with Crippen LogP contribution in [0.15, 0.2) is 35.0 Å². The number of hydrogen-bond acceptors (Lipinski definition) is 3. The average molecular weight is 341 g/mol. The van der Waals surface area contributed by atoms with Crippen molar-refractivity contribution in [3.8, 4) is 0 Å². The molecule has 0 radical (unpaired) electrons. The van der Waals surface area contributed by atoms with E-state index in [2.05, 4.69) is 5.32 Å². The largest absolute Gasteiger partial charge is 0.329 e. The van der Waals surface area contributed by atoms with E-state index in [1.807, 2.05) is 16.8 Å². The highest BCUT2D eigenvalue weighted by atomic mass is 35.5. The summed E-state index contributed by atoms with van der Waals surface area (Å²) < 4.78 is 0. The predicted molar refractivity (Wildman–Crippen MR) is 84.3 cm³/mol. The molecule has 0 aliphatic carbocycles. The summed E-state index contributed by atoms with van der Waals surface area (Å²) in [6.45, 7) is 0. The molecule has 3 amide bonds. The van der Waals surface area contributed by atoms with Crippen molar-refractivity contribution in [3.63, 3.8) is 0 Å². The second kappa shape index (κ2) is 5.67. The van der Waals surface area contributed by atoms with Crippen molar-refractivity contribution in [1.82, 2.24) is 5.32 Å². The van der Waals surface area contributed by atoms with Crippen LogP contribution in [0.2, 0.25) is 10.0 Å². The highest BCUT2D eigenvalue weighted by Crippen LogP contribution is 2.28. The number of nitrogens with zero attached hydrogens (tertiary/aromatic N) is 1. The number of hydrogen-bond donors (Lipinski definition) is 1. The van der Waals surface area contributed by atoms with Gasteiger partial charge in [-0.05, 0) is 40.6 Å². The first-order chi connectivity index (χ1) is 10.0. The summed E-state index contributed by atoms with van der Waals surface area (Å²) >= 11 is 13.4. The molecule has 1 saturated heterocycles. The van der Waals surface area contributed by atoms with Gasteiger partial charge in [-0.1, -0.05) is 23.2 Å². The van der Waals surface area contributed by atoms with Gasteiger partial charge in [0.2, 0.25) is 0 Å². The lowest BCUT2D eigenvalue weighted by atomic mass is 10.1. The van der Waals surface area contributed by atoms with Crippen molar-refractivity contribution in [2.45, 2.75) is 12.5 Å². The fourth-order valence-corrected chi connectivity index (χ4v) is 3.42. The summed E-state index contributed by atoms with van der Waals surface area (Å²) in [5.74, 6) is -0.301. The zero-order valence-corrected chi connectivity index (χ0v) is 13.0. The monoisotopic (exact) mass is 340 g/mol. The Labute approximate surface area is 135 Å². The molecule has 1 aromatic carbocycles. The summed E-state index contributed by atoms with van der Waals surface area (Å²) in [5, 5.41) is 7.33. The van der Waals surface area contributed by atoms with Crippen LogP contribution in [0.5, 0.6) is 0 Å².